The molecule has 256 valence electrons. The summed E-state index contributed by atoms with van der Waals surface area (Å²) in [6.45, 7) is 6.98. The fraction of sp³-hybridized carbons (Fsp3) is 0.273. The molecular weight excluding hydrogens is 637 g/mol. The van der Waals surface area contributed by atoms with Gasteiger partial charge < -0.3 is 23.4 Å². The average molecular weight is 683 g/mol. The summed E-state index contributed by atoms with van der Waals surface area (Å²) in [6, 6.07) is 48.6. The first-order valence-corrected chi connectivity index (χ1v) is 19.3. The third-order valence-electron chi connectivity index (χ3n) is 10.4. The van der Waals surface area contributed by atoms with Gasteiger partial charge in [-0.2, -0.15) is 0 Å². The van der Waals surface area contributed by atoms with E-state index in [2.05, 4.69) is 136 Å². The molecule has 0 amide bonds. The van der Waals surface area contributed by atoms with Crippen LogP contribution in [0.3, 0.4) is 0 Å². The summed E-state index contributed by atoms with van der Waals surface area (Å²) < 4.78 is 33.0. The van der Waals surface area contributed by atoms with Gasteiger partial charge in [0.2, 0.25) is 0 Å². The zero-order valence-corrected chi connectivity index (χ0v) is 30.5. The van der Waals surface area contributed by atoms with Crippen LogP contribution in [-0.4, -0.2) is 40.8 Å². The molecule has 1 fully saturated rings. The van der Waals surface area contributed by atoms with Crippen molar-refractivity contribution in [2.75, 3.05) is 14.2 Å². The predicted octanol–water partition coefficient (Wildman–Crippen LogP) is 8.26. The molecule has 1 aliphatic carbocycles. The molecule has 4 atom stereocenters. The molecule has 5 aromatic rings. The van der Waals surface area contributed by atoms with Crippen molar-refractivity contribution in [3.63, 3.8) is 0 Å². The molecule has 5 nitrogen and oxygen atoms in total. The molecule has 0 saturated heterocycles. The van der Waals surface area contributed by atoms with Gasteiger partial charge in [-0.15, -0.1) is 0 Å². The Morgan fingerprint density at radius 3 is 1.50 bits per heavy atom. The number of fused-ring (bicyclic) bond motifs is 1. The second-order valence-corrected chi connectivity index (χ2v) is 18.5. The SMILES string of the molecule is COc1ccc(C(O[C@@H]2C[C@@H](O[Si](c3ccccc3)(c3ccccc3)C(C)(C)C)[C@@H]3C=CO[C@@H]32)(c2ccccc2)c2ccc(OC)cc2)cc1. The summed E-state index contributed by atoms with van der Waals surface area (Å²) in [5.74, 6) is 1.60. The van der Waals surface area contributed by atoms with Crippen molar-refractivity contribution in [1.82, 2.24) is 0 Å². The van der Waals surface area contributed by atoms with Gasteiger partial charge in [-0.3, -0.25) is 0 Å². The number of ether oxygens (including phenoxy) is 4. The largest absolute Gasteiger partial charge is 0.497 e. The van der Waals surface area contributed by atoms with Crippen LogP contribution in [0, 0.1) is 5.92 Å². The van der Waals surface area contributed by atoms with Crippen molar-refractivity contribution in [2.24, 2.45) is 5.92 Å². The molecule has 5 aromatic carbocycles. The lowest BCUT2D eigenvalue weighted by Crippen LogP contribution is -2.68. The minimum atomic E-state index is -2.85. The van der Waals surface area contributed by atoms with Crippen LogP contribution in [0.25, 0.3) is 0 Å². The van der Waals surface area contributed by atoms with Gasteiger partial charge in [-0.1, -0.05) is 136 Å². The van der Waals surface area contributed by atoms with Crippen molar-refractivity contribution < 1.29 is 23.4 Å². The van der Waals surface area contributed by atoms with E-state index in [0.717, 1.165) is 28.2 Å². The second kappa shape index (κ2) is 13.9. The third-order valence-corrected chi connectivity index (χ3v) is 15.5. The Balaban J connectivity index is 1.35. The zero-order valence-electron chi connectivity index (χ0n) is 29.5. The smallest absolute Gasteiger partial charge is 0.261 e. The van der Waals surface area contributed by atoms with Crippen LogP contribution < -0.4 is 19.8 Å². The van der Waals surface area contributed by atoms with Crippen molar-refractivity contribution in [3.8, 4) is 11.5 Å². The zero-order chi connectivity index (χ0) is 34.8. The first-order chi connectivity index (χ1) is 24.3. The number of methoxy groups -OCH3 is 2. The van der Waals surface area contributed by atoms with E-state index in [1.54, 1.807) is 14.2 Å². The number of benzene rings is 5. The minimum Gasteiger partial charge on any atom is -0.497 e. The Bertz CT molecular complexity index is 1780. The van der Waals surface area contributed by atoms with Crippen LogP contribution in [0.1, 0.15) is 43.9 Å². The van der Waals surface area contributed by atoms with Crippen LogP contribution in [0.15, 0.2) is 152 Å². The van der Waals surface area contributed by atoms with E-state index in [1.807, 2.05) is 36.6 Å². The highest BCUT2D eigenvalue weighted by Crippen LogP contribution is 2.49. The second-order valence-electron chi connectivity index (χ2n) is 14.2. The molecule has 0 unspecified atom stereocenters. The predicted molar refractivity (Wildman–Crippen MR) is 202 cm³/mol. The molecular formula is C44H46O5Si. The van der Waals surface area contributed by atoms with Gasteiger partial charge in [0.1, 0.15) is 23.2 Å². The van der Waals surface area contributed by atoms with E-state index in [-0.39, 0.29) is 29.3 Å². The summed E-state index contributed by atoms with van der Waals surface area (Å²) in [7, 11) is 0.530. The van der Waals surface area contributed by atoms with E-state index in [9.17, 15) is 0 Å². The van der Waals surface area contributed by atoms with Crippen LogP contribution in [0.2, 0.25) is 5.04 Å². The van der Waals surface area contributed by atoms with Crippen LogP contribution in [0.5, 0.6) is 11.5 Å². The molecule has 6 heteroatoms. The fourth-order valence-corrected chi connectivity index (χ4v) is 12.8. The fourth-order valence-electron chi connectivity index (χ4n) is 8.03. The van der Waals surface area contributed by atoms with E-state index in [1.165, 1.54) is 10.4 Å². The Kier molecular flexibility index (Phi) is 9.44. The lowest BCUT2D eigenvalue weighted by atomic mass is 9.79. The van der Waals surface area contributed by atoms with Gasteiger partial charge in [0.25, 0.3) is 8.32 Å². The molecule has 50 heavy (non-hydrogen) atoms. The monoisotopic (exact) mass is 682 g/mol. The standard InChI is InChI=1S/C44H46O5Si/c1-43(2,3)50(37-17-11-7-12-18-37,38-19-13-8-14-20-38)49-40-31-41(42-39(40)29-30-47-42)48-44(32-15-9-6-10-16-32,33-21-25-35(45-4)26-22-33)34-23-27-36(46-5)28-24-34/h6-30,39-42H,31H2,1-5H3/t39-,40+,41+,42-/m0/s1. The molecule has 1 heterocycles. The summed E-state index contributed by atoms with van der Waals surface area (Å²) in [6.07, 6.45) is 4.07. The molecule has 1 saturated carbocycles. The lowest BCUT2D eigenvalue weighted by Gasteiger charge is -2.45. The van der Waals surface area contributed by atoms with Gasteiger partial charge in [0.15, 0.2) is 0 Å². The summed E-state index contributed by atoms with van der Waals surface area (Å²) >= 11 is 0. The first kappa shape index (κ1) is 33.9. The van der Waals surface area contributed by atoms with Crippen molar-refractivity contribution >= 4 is 18.7 Å². The maximum atomic E-state index is 7.77. The molecule has 2 aliphatic rings. The Morgan fingerprint density at radius 2 is 1.04 bits per heavy atom. The normalized spacial score (nSPS) is 20.3. The number of hydrogen-bond donors (Lipinski definition) is 0. The highest BCUT2D eigenvalue weighted by Gasteiger charge is 2.57. The van der Waals surface area contributed by atoms with Gasteiger partial charge >= 0.3 is 0 Å². The Hall–Kier alpha value is -4.62. The molecule has 0 spiro atoms. The van der Waals surface area contributed by atoms with Crippen LogP contribution in [-0.2, 0) is 19.5 Å². The van der Waals surface area contributed by atoms with Gasteiger partial charge in [0.05, 0.1) is 32.7 Å². The van der Waals surface area contributed by atoms with Gasteiger partial charge in [-0.05, 0) is 62.4 Å². The third kappa shape index (κ3) is 5.95. The van der Waals surface area contributed by atoms with Crippen molar-refractivity contribution in [2.45, 2.75) is 56.1 Å². The molecule has 1 aliphatic heterocycles. The maximum Gasteiger partial charge on any atom is 0.261 e. The van der Waals surface area contributed by atoms with Crippen molar-refractivity contribution in [1.29, 1.82) is 0 Å². The van der Waals surface area contributed by atoms with E-state index in [4.69, 9.17) is 23.4 Å². The maximum absolute atomic E-state index is 7.77. The molecule has 0 bridgehead atoms. The number of rotatable bonds is 11. The number of hydrogen-bond acceptors (Lipinski definition) is 5. The van der Waals surface area contributed by atoms with E-state index < -0.39 is 13.9 Å². The summed E-state index contributed by atoms with van der Waals surface area (Å²) in [5, 5.41) is 2.36. The highest BCUT2D eigenvalue weighted by molar-refractivity contribution is 6.99. The lowest BCUT2D eigenvalue weighted by molar-refractivity contribution is -0.0919. The average Bonchev–Trinajstić information content (AvgIpc) is 3.77. The molecule has 0 N–H and O–H groups in total. The first-order valence-electron chi connectivity index (χ1n) is 17.4. The minimum absolute atomic E-state index is 0.0295. The van der Waals surface area contributed by atoms with E-state index in [0.29, 0.717) is 6.42 Å². The van der Waals surface area contributed by atoms with Gasteiger partial charge in [0, 0.05) is 12.3 Å². The molecule has 0 radical (unpaired) electrons. The molecule has 7 rings (SSSR count). The van der Waals surface area contributed by atoms with Gasteiger partial charge in [-0.25, -0.2) is 0 Å². The quantitative estimate of drug-likeness (QED) is 0.104. The Labute approximate surface area is 297 Å². The summed E-state index contributed by atoms with van der Waals surface area (Å²) in [4.78, 5) is 0. The van der Waals surface area contributed by atoms with Crippen LogP contribution >= 0.6 is 0 Å². The molecule has 0 aromatic heterocycles. The highest BCUT2D eigenvalue weighted by atomic mass is 28.4. The van der Waals surface area contributed by atoms with Crippen LogP contribution in [0.4, 0.5) is 0 Å². The Morgan fingerprint density at radius 1 is 0.580 bits per heavy atom. The van der Waals surface area contributed by atoms with E-state index >= 15 is 0 Å². The van der Waals surface area contributed by atoms with Crippen molar-refractivity contribution in [3.05, 3.63) is 169 Å². The summed E-state index contributed by atoms with van der Waals surface area (Å²) in [5.41, 5.74) is 2.05. The topological polar surface area (TPSA) is 46.2 Å².